The lowest BCUT2D eigenvalue weighted by molar-refractivity contribution is 0.898. The van der Waals surface area contributed by atoms with Gasteiger partial charge in [-0.1, -0.05) is 13.3 Å². The van der Waals surface area contributed by atoms with Crippen molar-refractivity contribution in [2.24, 2.45) is 0 Å². The molecule has 0 aromatic carbocycles. The Labute approximate surface area is 113 Å². The van der Waals surface area contributed by atoms with Crippen LogP contribution in [0.4, 0.5) is 11.6 Å². The smallest absolute Gasteiger partial charge is 0.134 e. The van der Waals surface area contributed by atoms with Crippen molar-refractivity contribution in [2.75, 3.05) is 17.7 Å². The van der Waals surface area contributed by atoms with E-state index in [4.69, 9.17) is 0 Å². The lowest BCUT2D eigenvalue weighted by Gasteiger charge is -2.13. The first-order chi connectivity index (χ1) is 9.35. The Bertz CT molecular complexity index is 512. The van der Waals surface area contributed by atoms with E-state index in [1.807, 2.05) is 19.2 Å². The van der Waals surface area contributed by atoms with Crippen molar-refractivity contribution in [2.45, 2.75) is 26.3 Å². The molecule has 2 aromatic rings. The van der Waals surface area contributed by atoms with Gasteiger partial charge in [0.1, 0.15) is 18.0 Å². The van der Waals surface area contributed by atoms with E-state index >= 15 is 0 Å². The van der Waals surface area contributed by atoms with E-state index in [-0.39, 0.29) is 0 Å². The molecule has 2 rings (SSSR count). The lowest BCUT2D eigenvalue weighted by atomic mass is 10.1. The van der Waals surface area contributed by atoms with E-state index in [1.165, 1.54) is 5.56 Å². The molecule has 0 atom stereocenters. The van der Waals surface area contributed by atoms with Gasteiger partial charge in [0.15, 0.2) is 0 Å². The van der Waals surface area contributed by atoms with Crippen molar-refractivity contribution >= 4 is 11.6 Å². The summed E-state index contributed by atoms with van der Waals surface area (Å²) in [6.07, 6.45) is 7.19. The van der Waals surface area contributed by atoms with E-state index in [9.17, 15) is 0 Å². The molecule has 0 aliphatic rings. The second-order valence-electron chi connectivity index (χ2n) is 4.26. The number of nitrogens with zero attached hydrogens (tertiary/aromatic N) is 3. The van der Waals surface area contributed by atoms with Crippen molar-refractivity contribution in [3.05, 3.63) is 42.0 Å². The number of hydrogen-bond acceptors (Lipinski definition) is 5. The van der Waals surface area contributed by atoms with Crippen molar-refractivity contribution in [3.8, 4) is 0 Å². The highest BCUT2D eigenvalue weighted by Crippen LogP contribution is 2.21. The van der Waals surface area contributed by atoms with Gasteiger partial charge >= 0.3 is 0 Å². The van der Waals surface area contributed by atoms with Gasteiger partial charge in [0.2, 0.25) is 0 Å². The van der Waals surface area contributed by atoms with Gasteiger partial charge in [-0.2, -0.15) is 0 Å². The van der Waals surface area contributed by atoms with Crippen LogP contribution in [0.3, 0.4) is 0 Å². The summed E-state index contributed by atoms with van der Waals surface area (Å²) in [4.78, 5) is 12.6. The topological polar surface area (TPSA) is 62.7 Å². The van der Waals surface area contributed by atoms with Crippen LogP contribution in [-0.4, -0.2) is 22.0 Å². The van der Waals surface area contributed by atoms with Crippen LogP contribution >= 0.6 is 0 Å². The zero-order valence-corrected chi connectivity index (χ0v) is 11.3. The predicted molar refractivity (Wildman–Crippen MR) is 77.1 cm³/mol. The van der Waals surface area contributed by atoms with Gasteiger partial charge in [-0.05, 0) is 24.1 Å². The molecule has 5 nitrogen and oxygen atoms in total. The molecule has 0 saturated heterocycles. The lowest BCUT2D eigenvalue weighted by Crippen LogP contribution is -2.08. The molecule has 0 amide bonds. The standard InChI is InChI=1S/C14H19N5/c1-3-4-12-13(15-2)18-10-19-14(12)17-9-11-5-7-16-8-6-11/h5-8,10H,3-4,9H2,1-2H3,(H2,15,17,18,19). The Morgan fingerprint density at radius 2 is 1.84 bits per heavy atom. The molecular formula is C14H19N5. The molecule has 0 fully saturated rings. The number of anilines is 2. The van der Waals surface area contributed by atoms with Gasteiger partial charge in [0.05, 0.1) is 0 Å². The maximum absolute atomic E-state index is 4.34. The van der Waals surface area contributed by atoms with Crippen LogP contribution in [-0.2, 0) is 13.0 Å². The van der Waals surface area contributed by atoms with Crippen LogP contribution in [0.2, 0.25) is 0 Å². The van der Waals surface area contributed by atoms with Crippen molar-refractivity contribution in [1.82, 2.24) is 15.0 Å². The van der Waals surface area contributed by atoms with Crippen LogP contribution in [0.25, 0.3) is 0 Å². The van der Waals surface area contributed by atoms with E-state index < -0.39 is 0 Å². The molecule has 2 N–H and O–H groups in total. The third-order valence-corrected chi connectivity index (χ3v) is 2.89. The Hall–Kier alpha value is -2.17. The van der Waals surface area contributed by atoms with Crippen LogP contribution in [0, 0.1) is 0 Å². The van der Waals surface area contributed by atoms with Crippen LogP contribution in [0.15, 0.2) is 30.9 Å². The number of nitrogens with one attached hydrogen (secondary N) is 2. The molecule has 0 bridgehead atoms. The summed E-state index contributed by atoms with van der Waals surface area (Å²) in [5, 5.41) is 6.49. The first-order valence-corrected chi connectivity index (χ1v) is 6.49. The summed E-state index contributed by atoms with van der Waals surface area (Å²) >= 11 is 0. The third-order valence-electron chi connectivity index (χ3n) is 2.89. The van der Waals surface area contributed by atoms with Gasteiger partial charge in [-0.25, -0.2) is 9.97 Å². The summed E-state index contributed by atoms with van der Waals surface area (Å²) in [6, 6.07) is 3.99. The Balaban J connectivity index is 2.15. The fourth-order valence-electron chi connectivity index (χ4n) is 1.95. The van der Waals surface area contributed by atoms with Gasteiger partial charge in [0.25, 0.3) is 0 Å². The van der Waals surface area contributed by atoms with Gasteiger partial charge in [-0.15, -0.1) is 0 Å². The molecule has 0 unspecified atom stereocenters. The average Bonchev–Trinajstić information content (AvgIpc) is 2.47. The van der Waals surface area contributed by atoms with Crippen molar-refractivity contribution in [1.29, 1.82) is 0 Å². The second-order valence-corrected chi connectivity index (χ2v) is 4.26. The number of rotatable bonds is 6. The first kappa shape index (κ1) is 13.3. The molecule has 5 heteroatoms. The monoisotopic (exact) mass is 257 g/mol. The molecule has 19 heavy (non-hydrogen) atoms. The minimum Gasteiger partial charge on any atom is -0.373 e. The summed E-state index contributed by atoms with van der Waals surface area (Å²) in [5.41, 5.74) is 2.32. The minimum atomic E-state index is 0.736. The molecular weight excluding hydrogens is 238 g/mol. The van der Waals surface area contributed by atoms with Crippen molar-refractivity contribution in [3.63, 3.8) is 0 Å². The quantitative estimate of drug-likeness (QED) is 0.832. The first-order valence-electron chi connectivity index (χ1n) is 6.49. The highest BCUT2D eigenvalue weighted by atomic mass is 15.1. The highest BCUT2D eigenvalue weighted by Gasteiger charge is 2.09. The second kappa shape index (κ2) is 6.68. The maximum atomic E-state index is 4.34. The van der Waals surface area contributed by atoms with Gasteiger partial charge in [0, 0.05) is 31.5 Å². The molecule has 100 valence electrons. The number of aromatic nitrogens is 3. The van der Waals surface area contributed by atoms with Crippen LogP contribution in [0.5, 0.6) is 0 Å². The third kappa shape index (κ3) is 3.40. The van der Waals surface area contributed by atoms with E-state index in [0.717, 1.165) is 36.6 Å². The minimum absolute atomic E-state index is 0.736. The molecule has 0 saturated carbocycles. The van der Waals surface area contributed by atoms with Crippen LogP contribution in [0.1, 0.15) is 24.5 Å². The van der Waals surface area contributed by atoms with Gasteiger partial charge in [-0.3, -0.25) is 4.98 Å². The molecule has 2 heterocycles. The molecule has 0 aliphatic heterocycles. The van der Waals surface area contributed by atoms with Crippen molar-refractivity contribution < 1.29 is 0 Å². The molecule has 0 spiro atoms. The fourth-order valence-corrected chi connectivity index (χ4v) is 1.95. The number of pyridine rings is 1. The average molecular weight is 257 g/mol. The SMILES string of the molecule is CCCc1c(NC)ncnc1NCc1ccncc1. The molecule has 0 radical (unpaired) electrons. The number of hydrogen-bond donors (Lipinski definition) is 2. The predicted octanol–water partition coefficient (Wildman–Crippen LogP) is 2.48. The Morgan fingerprint density at radius 3 is 2.53 bits per heavy atom. The fraction of sp³-hybridized carbons (Fsp3) is 0.357. The Kier molecular flexibility index (Phi) is 4.66. The summed E-state index contributed by atoms with van der Waals surface area (Å²) in [6.45, 7) is 2.89. The van der Waals surface area contributed by atoms with Gasteiger partial charge < -0.3 is 10.6 Å². The summed E-state index contributed by atoms with van der Waals surface area (Å²) in [7, 11) is 1.88. The highest BCUT2D eigenvalue weighted by molar-refractivity contribution is 5.57. The van der Waals surface area contributed by atoms with E-state index in [0.29, 0.717) is 0 Å². The zero-order valence-electron chi connectivity index (χ0n) is 11.3. The summed E-state index contributed by atoms with van der Waals surface area (Å²) in [5.74, 6) is 1.80. The van der Waals surface area contributed by atoms with Crippen LogP contribution < -0.4 is 10.6 Å². The largest absolute Gasteiger partial charge is 0.373 e. The summed E-state index contributed by atoms with van der Waals surface area (Å²) < 4.78 is 0. The van der Waals surface area contributed by atoms with E-state index in [2.05, 4.69) is 32.5 Å². The molecule has 0 aliphatic carbocycles. The van der Waals surface area contributed by atoms with E-state index in [1.54, 1.807) is 18.7 Å². The zero-order chi connectivity index (χ0) is 13.5. The maximum Gasteiger partial charge on any atom is 0.134 e. The Morgan fingerprint density at radius 1 is 1.11 bits per heavy atom. The normalized spacial score (nSPS) is 10.2. The molecule has 2 aromatic heterocycles.